The molecule has 0 unspecified atom stereocenters. The summed E-state index contributed by atoms with van der Waals surface area (Å²) in [5.74, 6) is 0. The van der Waals surface area contributed by atoms with Crippen molar-refractivity contribution in [1.82, 2.24) is 20.5 Å². The first-order valence-electron chi connectivity index (χ1n) is 7.19. The highest BCUT2D eigenvalue weighted by atomic mass is 16.3. The Bertz CT molecular complexity index is 724. The van der Waals surface area contributed by atoms with Crippen molar-refractivity contribution in [2.24, 2.45) is 0 Å². The SMILES string of the molecule is OCc1cccc(CNCc2cn[nH]c2-c2cccnc2)c1. The summed E-state index contributed by atoms with van der Waals surface area (Å²) in [7, 11) is 0. The van der Waals surface area contributed by atoms with Crippen LogP contribution < -0.4 is 5.32 Å². The molecule has 0 fully saturated rings. The molecule has 1 aromatic carbocycles. The Labute approximate surface area is 129 Å². The minimum atomic E-state index is 0.0702. The van der Waals surface area contributed by atoms with Crippen LogP contribution in [0.5, 0.6) is 0 Å². The molecule has 0 bridgehead atoms. The highest BCUT2D eigenvalue weighted by Crippen LogP contribution is 2.19. The maximum Gasteiger partial charge on any atom is 0.0710 e. The van der Waals surface area contributed by atoms with Crippen molar-refractivity contribution in [3.8, 4) is 11.3 Å². The van der Waals surface area contributed by atoms with Crippen molar-refractivity contribution in [2.45, 2.75) is 19.7 Å². The third kappa shape index (κ3) is 3.39. The fraction of sp³-hybridized carbons (Fsp3) is 0.176. The average Bonchev–Trinajstić information content (AvgIpc) is 3.04. The fourth-order valence-corrected chi connectivity index (χ4v) is 2.39. The summed E-state index contributed by atoms with van der Waals surface area (Å²) in [5, 5.41) is 19.7. The second kappa shape index (κ2) is 6.98. The number of H-pyrrole nitrogens is 1. The number of nitrogens with zero attached hydrogens (tertiary/aromatic N) is 2. The molecule has 0 atom stereocenters. The first kappa shape index (κ1) is 14.4. The minimum absolute atomic E-state index is 0.0702. The number of aliphatic hydroxyl groups excluding tert-OH is 1. The number of nitrogens with one attached hydrogen (secondary N) is 2. The van der Waals surface area contributed by atoms with Gasteiger partial charge in [-0.25, -0.2) is 0 Å². The van der Waals surface area contributed by atoms with Gasteiger partial charge in [-0.3, -0.25) is 10.1 Å². The van der Waals surface area contributed by atoms with Gasteiger partial charge >= 0.3 is 0 Å². The predicted octanol–water partition coefficient (Wildman–Crippen LogP) is 2.25. The predicted molar refractivity (Wildman–Crippen MR) is 84.7 cm³/mol. The normalized spacial score (nSPS) is 10.8. The van der Waals surface area contributed by atoms with E-state index in [1.165, 1.54) is 0 Å². The summed E-state index contributed by atoms with van der Waals surface area (Å²) in [6.45, 7) is 1.52. The fourth-order valence-electron chi connectivity index (χ4n) is 2.39. The van der Waals surface area contributed by atoms with E-state index in [2.05, 4.69) is 20.5 Å². The van der Waals surface area contributed by atoms with Crippen molar-refractivity contribution in [1.29, 1.82) is 0 Å². The van der Waals surface area contributed by atoms with Gasteiger partial charge in [0.05, 0.1) is 18.5 Å². The molecule has 112 valence electrons. The molecular weight excluding hydrogens is 276 g/mol. The van der Waals surface area contributed by atoms with Gasteiger partial charge in [-0.2, -0.15) is 5.10 Å². The quantitative estimate of drug-likeness (QED) is 0.652. The number of aromatic amines is 1. The first-order valence-corrected chi connectivity index (χ1v) is 7.19. The Kier molecular flexibility index (Phi) is 4.58. The zero-order valence-electron chi connectivity index (χ0n) is 12.2. The van der Waals surface area contributed by atoms with Gasteiger partial charge in [0.1, 0.15) is 0 Å². The van der Waals surface area contributed by atoms with Crippen LogP contribution in [0.2, 0.25) is 0 Å². The standard InChI is InChI=1S/C17H18N4O/c22-12-14-4-1-3-13(7-14)8-19-10-16-11-20-21-17(16)15-5-2-6-18-9-15/h1-7,9,11,19,22H,8,10,12H2,(H,20,21). The van der Waals surface area contributed by atoms with Crippen LogP contribution in [0.15, 0.2) is 55.0 Å². The van der Waals surface area contributed by atoms with E-state index >= 15 is 0 Å². The zero-order valence-corrected chi connectivity index (χ0v) is 12.2. The second-order valence-corrected chi connectivity index (χ2v) is 5.09. The summed E-state index contributed by atoms with van der Waals surface area (Å²) >= 11 is 0. The third-order valence-electron chi connectivity index (χ3n) is 3.49. The lowest BCUT2D eigenvalue weighted by molar-refractivity contribution is 0.281. The molecular formula is C17H18N4O. The Morgan fingerprint density at radius 1 is 1.05 bits per heavy atom. The van der Waals surface area contributed by atoms with Crippen molar-refractivity contribution in [3.63, 3.8) is 0 Å². The number of hydrogen-bond donors (Lipinski definition) is 3. The van der Waals surface area contributed by atoms with Gasteiger partial charge in [0.15, 0.2) is 0 Å². The van der Waals surface area contributed by atoms with Gasteiger partial charge in [-0.1, -0.05) is 24.3 Å². The highest BCUT2D eigenvalue weighted by molar-refractivity contribution is 5.61. The van der Waals surface area contributed by atoms with E-state index in [4.69, 9.17) is 5.11 Å². The molecule has 0 saturated carbocycles. The number of aliphatic hydroxyl groups is 1. The monoisotopic (exact) mass is 294 g/mol. The molecule has 22 heavy (non-hydrogen) atoms. The lowest BCUT2D eigenvalue weighted by Gasteiger charge is -2.07. The number of benzene rings is 1. The van der Waals surface area contributed by atoms with E-state index in [1.54, 1.807) is 6.20 Å². The van der Waals surface area contributed by atoms with Crippen molar-refractivity contribution in [3.05, 3.63) is 71.7 Å². The number of aromatic nitrogens is 3. The van der Waals surface area contributed by atoms with Crippen LogP contribution in [-0.2, 0) is 19.7 Å². The van der Waals surface area contributed by atoms with Gasteiger partial charge in [-0.15, -0.1) is 0 Å². The summed E-state index contributed by atoms with van der Waals surface area (Å²) in [5.41, 5.74) is 5.20. The lowest BCUT2D eigenvalue weighted by atomic mass is 10.1. The molecule has 0 aliphatic heterocycles. The minimum Gasteiger partial charge on any atom is -0.392 e. The molecule has 0 spiro atoms. The summed E-state index contributed by atoms with van der Waals surface area (Å²) in [4.78, 5) is 4.14. The molecule has 3 N–H and O–H groups in total. The maximum absolute atomic E-state index is 9.16. The molecule has 2 heterocycles. The van der Waals surface area contributed by atoms with Crippen LogP contribution in [0.25, 0.3) is 11.3 Å². The Morgan fingerprint density at radius 2 is 1.95 bits per heavy atom. The third-order valence-corrected chi connectivity index (χ3v) is 3.49. The van der Waals surface area contributed by atoms with Crippen LogP contribution >= 0.6 is 0 Å². The van der Waals surface area contributed by atoms with E-state index in [9.17, 15) is 0 Å². The molecule has 0 aliphatic rings. The Morgan fingerprint density at radius 3 is 2.77 bits per heavy atom. The molecule has 5 heteroatoms. The average molecular weight is 294 g/mol. The molecule has 3 aromatic rings. The molecule has 0 aliphatic carbocycles. The largest absolute Gasteiger partial charge is 0.392 e. The van der Waals surface area contributed by atoms with Crippen molar-refractivity contribution < 1.29 is 5.11 Å². The van der Waals surface area contributed by atoms with Gasteiger partial charge in [-0.05, 0) is 23.3 Å². The van der Waals surface area contributed by atoms with Gasteiger partial charge < -0.3 is 10.4 Å². The van der Waals surface area contributed by atoms with Gasteiger partial charge in [0.25, 0.3) is 0 Å². The molecule has 0 radical (unpaired) electrons. The molecule has 0 amide bonds. The highest BCUT2D eigenvalue weighted by Gasteiger charge is 2.07. The van der Waals surface area contributed by atoms with E-state index in [1.807, 2.05) is 48.8 Å². The van der Waals surface area contributed by atoms with Crippen molar-refractivity contribution >= 4 is 0 Å². The maximum atomic E-state index is 9.16. The Hall–Kier alpha value is -2.50. The number of pyridine rings is 1. The van der Waals surface area contributed by atoms with Crippen LogP contribution in [0, 0.1) is 0 Å². The molecule has 3 rings (SSSR count). The van der Waals surface area contributed by atoms with E-state index in [0.717, 1.165) is 34.5 Å². The van der Waals surface area contributed by atoms with Gasteiger partial charge in [0.2, 0.25) is 0 Å². The molecule has 0 saturated heterocycles. The van der Waals surface area contributed by atoms with Crippen LogP contribution in [0.4, 0.5) is 0 Å². The van der Waals surface area contributed by atoms with Gasteiger partial charge in [0, 0.05) is 36.6 Å². The van der Waals surface area contributed by atoms with Crippen LogP contribution in [0.3, 0.4) is 0 Å². The molecule has 5 nitrogen and oxygen atoms in total. The first-order chi connectivity index (χ1) is 10.9. The Balaban J connectivity index is 1.64. The van der Waals surface area contributed by atoms with E-state index in [0.29, 0.717) is 6.54 Å². The van der Waals surface area contributed by atoms with Crippen LogP contribution in [-0.4, -0.2) is 20.3 Å². The number of hydrogen-bond acceptors (Lipinski definition) is 4. The smallest absolute Gasteiger partial charge is 0.0710 e. The van der Waals surface area contributed by atoms with Crippen LogP contribution in [0.1, 0.15) is 16.7 Å². The second-order valence-electron chi connectivity index (χ2n) is 5.09. The summed E-state index contributed by atoms with van der Waals surface area (Å²) < 4.78 is 0. The van der Waals surface area contributed by atoms with Crippen molar-refractivity contribution in [2.75, 3.05) is 0 Å². The van der Waals surface area contributed by atoms with E-state index in [-0.39, 0.29) is 6.61 Å². The van der Waals surface area contributed by atoms with E-state index < -0.39 is 0 Å². The number of rotatable bonds is 6. The lowest BCUT2D eigenvalue weighted by Crippen LogP contribution is -2.13. The zero-order chi connectivity index (χ0) is 15.2. The topological polar surface area (TPSA) is 73.8 Å². The molecule has 2 aromatic heterocycles. The summed E-state index contributed by atoms with van der Waals surface area (Å²) in [6.07, 6.45) is 5.41. The summed E-state index contributed by atoms with van der Waals surface area (Å²) in [6, 6.07) is 11.8.